The highest BCUT2D eigenvalue weighted by Gasteiger charge is 2.11. The van der Waals surface area contributed by atoms with Gasteiger partial charge < -0.3 is 5.43 Å². The zero-order valence-corrected chi connectivity index (χ0v) is 7.52. The van der Waals surface area contributed by atoms with Crippen molar-refractivity contribution >= 4 is 11.4 Å². The summed E-state index contributed by atoms with van der Waals surface area (Å²) in [5.41, 5.74) is 3.42. The Morgan fingerprint density at radius 1 is 1.38 bits per heavy atom. The molecule has 0 aromatic heterocycles. The van der Waals surface area contributed by atoms with Crippen LogP contribution in [0.5, 0.6) is 0 Å². The van der Waals surface area contributed by atoms with Crippen LogP contribution < -0.4 is 5.43 Å². The average molecular weight is 181 g/mol. The number of hydrogen-bond acceptors (Lipinski definition) is 4. The van der Waals surface area contributed by atoms with Gasteiger partial charge in [-0.15, -0.1) is 0 Å². The largest absolute Gasteiger partial charge is 0.313 e. The van der Waals surface area contributed by atoms with Crippen LogP contribution in [0.1, 0.15) is 0 Å². The van der Waals surface area contributed by atoms with E-state index >= 15 is 0 Å². The molecule has 70 valence electrons. The van der Waals surface area contributed by atoms with Gasteiger partial charge in [-0.1, -0.05) is 12.1 Å². The lowest BCUT2D eigenvalue weighted by Gasteiger charge is -2.12. The van der Waals surface area contributed by atoms with Crippen molar-refractivity contribution in [3.05, 3.63) is 34.4 Å². The third-order valence-electron chi connectivity index (χ3n) is 1.44. The third kappa shape index (κ3) is 2.41. The Morgan fingerprint density at radius 3 is 2.54 bits per heavy atom. The van der Waals surface area contributed by atoms with E-state index < -0.39 is 4.92 Å². The Labute approximate surface area is 76.1 Å². The van der Waals surface area contributed by atoms with E-state index in [1.165, 1.54) is 6.07 Å². The van der Waals surface area contributed by atoms with Crippen molar-refractivity contribution in [1.29, 1.82) is 0 Å². The summed E-state index contributed by atoms with van der Waals surface area (Å²) in [6.45, 7) is 0. The van der Waals surface area contributed by atoms with E-state index in [2.05, 4.69) is 5.43 Å². The molecule has 5 nitrogen and oxygen atoms in total. The van der Waals surface area contributed by atoms with E-state index in [0.717, 1.165) is 0 Å². The van der Waals surface area contributed by atoms with Crippen LogP contribution in [0.2, 0.25) is 0 Å². The standard InChI is InChI=1S/C8H11N3O2/c1-10(2)9-7-5-3-4-6-8(7)11(12)13/h3-6,9H,1-2H3. The summed E-state index contributed by atoms with van der Waals surface area (Å²) in [6.07, 6.45) is 0. The van der Waals surface area contributed by atoms with Crippen LogP contribution in [0.3, 0.4) is 0 Å². The molecule has 0 heterocycles. The second-order valence-corrected chi connectivity index (χ2v) is 2.78. The normalized spacial score (nSPS) is 10.1. The molecule has 0 atom stereocenters. The minimum atomic E-state index is -0.411. The Balaban J connectivity index is 2.98. The molecular weight excluding hydrogens is 170 g/mol. The number of nitro groups is 1. The highest BCUT2D eigenvalue weighted by molar-refractivity contribution is 5.60. The molecule has 0 amide bonds. The molecule has 0 spiro atoms. The van der Waals surface area contributed by atoms with Crippen molar-refractivity contribution in [2.24, 2.45) is 0 Å². The fourth-order valence-electron chi connectivity index (χ4n) is 0.968. The van der Waals surface area contributed by atoms with Gasteiger partial charge in [0.15, 0.2) is 0 Å². The number of para-hydroxylation sites is 2. The molecule has 13 heavy (non-hydrogen) atoms. The quantitative estimate of drug-likeness (QED) is 0.566. The lowest BCUT2D eigenvalue weighted by molar-refractivity contribution is -0.384. The van der Waals surface area contributed by atoms with Crippen LogP contribution in [0.25, 0.3) is 0 Å². The summed E-state index contributed by atoms with van der Waals surface area (Å²) >= 11 is 0. The summed E-state index contributed by atoms with van der Waals surface area (Å²) < 4.78 is 0. The molecule has 1 aromatic rings. The van der Waals surface area contributed by atoms with Crippen molar-refractivity contribution in [3.8, 4) is 0 Å². The number of nitrogens with zero attached hydrogens (tertiary/aromatic N) is 2. The van der Waals surface area contributed by atoms with Gasteiger partial charge >= 0.3 is 0 Å². The summed E-state index contributed by atoms with van der Waals surface area (Å²) in [4.78, 5) is 10.1. The Kier molecular flexibility index (Phi) is 2.81. The van der Waals surface area contributed by atoms with E-state index in [4.69, 9.17) is 0 Å². The summed E-state index contributed by atoms with van der Waals surface area (Å²) in [5.74, 6) is 0. The molecule has 0 fully saturated rings. The van der Waals surface area contributed by atoms with Gasteiger partial charge in [-0.05, 0) is 6.07 Å². The number of nitrogens with one attached hydrogen (secondary N) is 1. The van der Waals surface area contributed by atoms with Crippen LogP contribution in [0.4, 0.5) is 11.4 Å². The van der Waals surface area contributed by atoms with Crippen LogP contribution in [-0.2, 0) is 0 Å². The molecule has 1 rings (SSSR count). The fraction of sp³-hybridized carbons (Fsp3) is 0.250. The van der Waals surface area contributed by atoms with Gasteiger partial charge in [-0.2, -0.15) is 0 Å². The maximum Gasteiger partial charge on any atom is 0.293 e. The maximum atomic E-state index is 10.6. The maximum absolute atomic E-state index is 10.6. The summed E-state index contributed by atoms with van der Waals surface area (Å²) in [6, 6.07) is 6.52. The second-order valence-electron chi connectivity index (χ2n) is 2.78. The van der Waals surface area contributed by atoms with Gasteiger partial charge in [0.25, 0.3) is 5.69 Å². The Hall–Kier alpha value is -1.62. The van der Waals surface area contributed by atoms with E-state index in [1.54, 1.807) is 37.3 Å². The topological polar surface area (TPSA) is 58.4 Å². The number of anilines is 1. The summed E-state index contributed by atoms with van der Waals surface area (Å²) in [5, 5.41) is 12.2. The Morgan fingerprint density at radius 2 is 2.00 bits per heavy atom. The molecule has 0 unspecified atom stereocenters. The van der Waals surface area contributed by atoms with Crippen molar-refractivity contribution in [3.63, 3.8) is 0 Å². The highest BCUT2D eigenvalue weighted by Crippen LogP contribution is 2.22. The first-order valence-electron chi connectivity index (χ1n) is 3.78. The highest BCUT2D eigenvalue weighted by atomic mass is 16.6. The van der Waals surface area contributed by atoms with Gasteiger partial charge in [-0.25, -0.2) is 5.01 Å². The number of hydrazine groups is 1. The first kappa shape index (κ1) is 9.47. The molecule has 0 aliphatic carbocycles. The molecule has 0 saturated heterocycles. The van der Waals surface area contributed by atoms with E-state index in [-0.39, 0.29) is 5.69 Å². The van der Waals surface area contributed by atoms with Crippen molar-refractivity contribution in [2.45, 2.75) is 0 Å². The molecule has 0 saturated carbocycles. The van der Waals surface area contributed by atoms with Gasteiger partial charge in [0, 0.05) is 20.2 Å². The van der Waals surface area contributed by atoms with Gasteiger partial charge in [0.2, 0.25) is 0 Å². The third-order valence-corrected chi connectivity index (χ3v) is 1.44. The number of benzene rings is 1. The van der Waals surface area contributed by atoms with Crippen LogP contribution >= 0.6 is 0 Å². The minimum Gasteiger partial charge on any atom is -0.313 e. The van der Waals surface area contributed by atoms with Crippen molar-refractivity contribution in [2.75, 3.05) is 19.5 Å². The first-order chi connectivity index (χ1) is 6.11. The lowest BCUT2D eigenvalue weighted by Crippen LogP contribution is -2.20. The van der Waals surface area contributed by atoms with Crippen molar-refractivity contribution < 1.29 is 4.92 Å². The molecule has 0 radical (unpaired) electrons. The first-order valence-corrected chi connectivity index (χ1v) is 3.78. The lowest BCUT2D eigenvalue weighted by atomic mass is 10.3. The monoisotopic (exact) mass is 181 g/mol. The zero-order chi connectivity index (χ0) is 9.84. The van der Waals surface area contributed by atoms with Gasteiger partial charge in [0.05, 0.1) is 4.92 Å². The Bertz CT molecular complexity index is 312. The fourth-order valence-corrected chi connectivity index (χ4v) is 0.968. The second kappa shape index (κ2) is 3.86. The van der Waals surface area contributed by atoms with Crippen LogP contribution in [0, 0.1) is 10.1 Å². The number of rotatable bonds is 3. The van der Waals surface area contributed by atoms with E-state index in [9.17, 15) is 10.1 Å². The smallest absolute Gasteiger partial charge is 0.293 e. The molecule has 0 bridgehead atoms. The van der Waals surface area contributed by atoms with Crippen LogP contribution in [-0.4, -0.2) is 24.0 Å². The van der Waals surface area contributed by atoms with Crippen molar-refractivity contribution in [1.82, 2.24) is 5.01 Å². The minimum absolute atomic E-state index is 0.0798. The molecule has 0 aliphatic heterocycles. The zero-order valence-electron chi connectivity index (χ0n) is 7.52. The van der Waals surface area contributed by atoms with E-state index in [1.807, 2.05) is 0 Å². The summed E-state index contributed by atoms with van der Waals surface area (Å²) in [7, 11) is 3.55. The number of nitro benzene ring substituents is 1. The molecule has 1 aromatic carbocycles. The predicted octanol–water partition coefficient (Wildman–Crippen LogP) is 1.48. The molecular formula is C8H11N3O2. The van der Waals surface area contributed by atoms with Gasteiger partial charge in [0.1, 0.15) is 5.69 Å². The molecule has 1 N–H and O–H groups in total. The van der Waals surface area contributed by atoms with E-state index in [0.29, 0.717) is 5.69 Å². The number of hydrogen-bond donors (Lipinski definition) is 1. The van der Waals surface area contributed by atoms with Gasteiger partial charge in [-0.3, -0.25) is 10.1 Å². The molecule has 5 heteroatoms. The molecule has 0 aliphatic rings. The SMILES string of the molecule is CN(C)Nc1ccccc1[N+](=O)[O-]. The average Bonchev–Trinajstić information content (AvgIpc) is 2.03. The van der Waals surface area contributed by atoms with Crippen LogP contribution in [0.15, 0.2) is 24.3 Å². The predicted molar refractivity (Wildman–Crippen MR) is 50.4 cm³/mol.